The Labute approximate surface area is 119 Å². The summed E-state index contributed by atoms with van der Waals surface area (Å²) >= 11 is 0. The predicted octanol–water partition coefficient (Wildman–Crippen LogP) is 2.91. The van der Waals surface area contributed by atoms with E-state index in [-0.39, 0.29) is 5.82 Å². The first-order valence-corrected chi connectivity index (χ1v) is 7.16. The maximum atomic E-state index is 13.0. The lowest BCUT2D eigenvalue weighted by atomic mass is 10.1. The first-order chi connectivity index (χ1) is 9.69. The van der Waals surface area contributed by atoms with Crippen molar-refractivity contribution in [1.82, 2.24) is 15.1 Å². The monoisotopic (exact) mass is 275 g/mol. The quantitative estimate of drug-likeness (QED) is 0.878. The van der Waals surface area contributed by atoms with Gasteiger partial charge in [-0.15, -0.1) is 0 Å². The SMILES string of the molecule is CCc1nn(Cc2ccc(F)cc2)c(CC)c1CNC. The molecule has 0 aliphatic rings. The summed E-state index contributed by atoms with van der Waals surface area (Å²) in [6.45, 7) is 5.82. The molecule has 0 aliphatic heterocycles. The molecule has 0 unspecified atom stereocenters. The second kappa shape index (κ2) is 6.66. The van der Waals surface area contributed by atoms with Gasteiger partial charge in [0.25, 0.3) is 0 Å². The summed E-state index contributed by atoms with van der Waals surface area (Å²) in [4.78, 5) is 0. The van der Waals surface area contributed by atoms with E-state index in [1.807, 2.05) is 19.2 Å². The van der Waals surface area contributed by atoms with Gasteiger partial charge in [-0.25, -0.2) is 4.39 Å². The Morgan fingerprint density at radius 2 is 1.85 bits per heavy atom. The van der Waals surface area contributed by atoms with Crippen molar-refractivity contribution < 1.29 is 4.39 Å². The van der Waals surface area contributed by atoms with E-state index in [1.54, 1.807) is 0 Å². The normalized spacial score (nSPS) is 11.0. The van der Waals surface area contributed by atoms with E-state index in [0.29, 0.717) is 6.54 Å². The third kappa shape index (κ3) is 3.07. The second-order valence-corrected chi connectivity index (χ2v) is 4.89. The van der Waals surface area contributed by atoms with Crippen LogP contribution in [0.3, 0.4) is 0 Å². The van der Waals surface area contributed by atoms with Gasteiger partial charge in [-0.05, 0) is 37.6 Å². The Balaban J connectivity index is 2.33. The van der Waals surface area contributed by atoms with Crippen molar-refractivity contribution >= 4 is 0 Å². The van der Waals surface area contributed by atoms with Crippen LogP contribution in [-0.4, -0.2) is 16.8 Å². The summed E-state index contributed by atoms with van der Waals surface area (Å²) in [6.07, 6.45) is 1.88. The maximum Gasteiger partial charge on any atom is 0.123 e. The van der Waals surface area contributed by atoms with Gasteiger partial charge in [-0.3, -0.25) is 4.68 Å². The molecule has 0 spiro atoms. The van der Waals surface area contributed by atoms with E-state index in [0.717, 1.165) is 30.6 Å². The van der Waals surface area contributed by atoms with Gasteiger partial charge in [0.1, 0.15) is 5.82 Å². The number of halogens is 1. The molecule has 2 aromatic rings. The summed E-state index contributed by atoms with van der Waals surface area (Å²) in [5.74, 6) is -0.199. The molecule has 0 saturated carbocycles. The highest BCUT2D eigenvalue weighted by molar-refractivity contribution is 5.28. The molecule has 0 fully saturated rings. The lowest BCUT2D eigenvalue weighted by molar-refractivity contribution is 0.619. The summed E-state index contributed by atoms with van der Waals surface area (Å²) in [5, 5.41) is 7.93. The minimum Gasteiger partial charge on any atom is -0.316 e. The highest BCUT2D eigenvalue weighted by atomic mass is 19.1. The molecule has 0 bridgehead atoms. The summed E-state index contributed by atoms with van der Waals surface area (Å²) < 4.78 is 15.0. The van der Waals surface area contributed by atoms with Crippen LogP contribution in [0, 0.1) is 5.82 Å². The maximum absolute atomic E-state index is 13.0. The van der Waals surface area contributed by atoms with Gasteiger partial charge in [0.15, 0.2) is 0 Å². The fraction of sp³-hybridized carbons (Fsp3) is 0.438. The van der Waals surface area contributed by atoms with Crippen LogP contribution in [0.1, 0.15) is 36.4 Å². The lowest BCUT2D eigenvalue weighted by Crippen LogP contribution is -2.10. The van der Waals surface area contributed by atoms with Gasteiger partial charge in [-0.2, -0.15) is 5.10 Å². The van der Waals surface area contributed by atoms with Crippen molar-refractivity contribution in [3.8, 4) is 0 Å². The van der Waals surface area contributed by atoms with E-state index in [4.69, 9.17) is 5.10 Å². The third-order valence-corrected chi connectivity index (χ3v) is 3.52. The molecule has 1 heterocycles. The van der Waals surface area contributed by atoms with Gasteiger partial charge in [-0.1, -0.05) is 26.0 Å². The number of aromatic nitrogens is 2. The van der Waals surface area contributed by atoms with Crippen molar-refractivity contribution in [3.63, 3.8) is 0 Å². The van der Waals surface area contributed by atoms with Crippen molar-refractivity contribution in [2.45, 2.75) is 39.8 Å². The van der Waals surface area contributed by atoms with Gasteiger partial charge >= 0.3 is 0 Å². The van der Waals surface area contributed by atoms with Crippen LogP contribution >= 0.6 is 0 Å². The summed E-state index contributed by atoms with van der Waals surface area (Å²) in [6, 6.07) is 6.64. The molecule has 0 saturated heterocycles. The average molecular weight is 275 g/mol. The molecule has 0 radical (unpaired) electrons. The van der Waals surface area contributed by atoms with E-state index in [9.17, 15) is 4.39 Å². The molecule has 0 amide bonds. The minimum atomic E-state index is -0.199. The number of hydrogen-bond acceptors (Lipinski definition) is 2. The van der Waals surface area contributed by atoms with Gasteiger partial charge in [0.05, 0.1) is 12.2 Å². The van der Waals surface area contributed by atoms with Crippen LogP contribution in [0.4, 0.5) is 4.39 Å². The van der Waals surface area contributed by atoms with Crippen molar-refractivity contribution in [2.75, 3.05) is 7.05 Å². The highest BCUT2D eigenvalue weighted by Gasteiger charge is 2.14. The Morgan fingerprint density at radius 1 is 1.15 bits per heavy atom. The number of nitrogens with one attached hydrogen (secondary N) is 1. The standard InChI is InChI=1S/C16H22FN3/c1-4-15-14(10-18-3)16(5-2)20(19-15)11-12-6-8-13(17)9-7-12/h6-9,18H,4-5,10-11H2,1-3H3. The molecule has 2 rings (SSSR count). The fourth-order valence-corrected chi connectivity index (χ4v) is 2.54. The molecule has 4 heteroatoms. The van der Waals surface area contributed by atoms with Gasteiger partial charge in [0, 0.05) is 17.8 Å². The fourth-order valence-electron chi connectivity index (χ4n) is 2.54. The summed E-state index contributed by atoms with van der Waals surface area (Å²) in [7, 11) is 1.95. The van der Waals surface area contributed by atoms with E-state index >= 15 is 0 Å². The second-order valence-electron chi connectivity index (χ2n) is 4.89. The minimum absolute atomic E-state index is 0.199. The third-order valence-electron chi connectivity index (χ3n) is 3.52. The summed E-state index contributed by atoms with van der Waals surface area (Å²) in [5.41, 5.74) is 4.79. The number of rotatable bonds is 6. The molecule has 3 nitrogen and oxygen atoms in total. The Kier molecular flexibility index (Phi) is 4.90. The zero-order valence-electron chi connectivity index (χ0n) is 12.4. The topological polar surface area (TPSA) is 29.9 Å². The Hall–Kier alpha value is -1.68. The van der Waals surface area contributed by atoms with E-state index in [2.05, 4.69) is 23.8 Å². The number of aryl methyl sites for hydroxylation is 1. The van der Waals surface area contributed by atoms with Crippen LogP contribution in [0.25, 0.3) is 0 Å². The lowest BCUT2D eigenvalue weighted by Gasteiger charge is -2.08. The van der Waals surface area contributed by atoms with Crippen LogP contribution in [0.2, 0.25) is 0 Å². The van der Waals surface area contributed by atoms with E-state index < -0.39 is 0 Å². The van der Waals surface area contributed by atoms with Crippen molar-refractivity contribution in [1.29, 1.82) is 0 Å². The van der Waals surface area contributed by atoms with Gasteiger partial charge < -0.3 is 5.32 Å². The first kappa shape index (κ1) is 14.7. The van der Waals surface area contributed by atoms with Crippen LogP contribution in [0.15, 0.2) is 24.3 Å². The Bertz CT molecular complexity index is 558. The molecular weight excluding hydrogens is 253 g/mol. The van der Waals surface area contributed by atoms with E-state index in [1.165, 1.54) is 23.4 Å². The van der Waals surface area contributed by atoms with Crippen LogP contribution in [-0.2, 0) is 25.9 Å². The molecule has 20 heavy (non-hydrogen) atoms. The number of benzene rings is 1. The van der Waals surface area contributed by atoms with Gasteiger partial charge in [0.2, 0.25) is 0 Å². The molecule has 1 aromatic heterocycles. The van der Waals surface area contributed by atoms with Crippen LogP contribution in [0.5, 0.6) is 0 Å². The molecule has 0 atom stereocenters. The highest BCUT2D eigenvalue weighted by Crippen LogP contribution is 2.18. The average Bonchev–Trinajstić information content (AvgIpc) is 2.79. The molecule has 0 aliphatic carbocycles. The first-order valence-electron chi connectivity index (χ1n) is 7.16. The van der Waals surface area contributed by atoms with Crippen LogP contribution < -0.4 is 5.32 Å². The molecule has 108 valence electrons. The molecule has 1 N–H and O–H groups in total. The van der Waals surface area contributed by atoms with Crippen molar-refractivity contribution in [2.24, 2.45) is 0 Å². The number of hydrogen-bond donors (Lipinski definition) is 1. The smallest absolute Gasteiger partial charge is 0.123 e. The van der Waals surface area contributed by atoms with Crippen molar-refractivity contribution in [3.05, 3.63) is 52.6 Å². The molecule has 1 aromatic carbocycles. The Morgan fingerprint density at radius 3 is 2.40 bits per heavy atom. The predicted molar refractivity (Wildman–Crippen MR) is 79.2 cm³/mol. The molecular formula is C16H22FN3. The zero-order chi connectivity index (χ0) is 14.5. The zero-order valence-corrected chi connectivity index (χ0v) is 12.4. The number of nitrogens with zero attached hydrogens (tertiary/aromatic N) is 2. The largest absolute Gasteiger partial charge is 0.316 e.